The highest BCUT2D eigenvalue weighted by Crippen LogP contribution is 2.44. The van der Waals surface area contributed by atoms with E-state index in [-0.39, 0.29) is 29.7 Å². The fourth-order valence-electron chi connectivity index (χ4n) is 5.18. The lowest BCUT2D eigenvalue weighted by atomic mass is 9.83. The number of rotatable bonds is 6. The van der Waals surface area contributed by atoms with Crippen molar-refractivity contribution >= 4 is 17.5 Å². The summed E-state index contributed by atoms with van der Waals surface area (Å²) in [6, 6.07) is 8.01. The zero-order valence-corrected chi connectivity index (χ0v) is 21.4. The molecule has 10 heteroatoms. The van der Waals surface area contributed by atoms with Crippen LogP contribution in [0.25, 0.3) is 0 Å². The Bertz CT molecular complexity index is 1210. The number of para-hydroxylation sites is 1. The molecule has 0 radical (unpaired) electrons. The molecule has 0 saturated carbocycles. The highest BCUT2D eigenvalue weighted by atomic mass is 16.6. The molecular weight excluding hydrogens is 464 g/mol. The predicted molar refractivity (Wildman–Crippen MR) is 133 cm³/mol. The highest BCUT2D eigenvalue weighted by Gasteiger charge is 2.48. The zero-order valence-electron chi connectivity index (χ0n) is 21.4. The van der Waals surface area contributed by atoms with Crippen LogP contribution in [0.5, 0.6) is 11.5 Å². The summed E-state index contributed by atoms with van der Waals surface area (Å²) in [6.07, 6.45) is 0.419. The van der Waals surface area contributed by atoms with E-state index < -0.39 is 28.5 Å². The third-order valence-electron chi connectivity index (χ3n) is 6.82. The topological polar surface area (TPSA) is 114 Å². The van der Waals surface area contributed by atoms with Crippen molar-refractivity contribution in [2.24, 2.45) is 0 Å². The molecule has 2 aliphatic heterocycles. The number of ether oxygens (including phenoxy) is 2. The second-order valence-corrected chi connectivity index (χ2v) is 10.3. The third kappa shape index (κ3) is 4.48. The molecule has 2 heterocycles. The molecule has 0 spiro atoms. The van der Waals surface area contributed by atoms with Gasteiger partial charge in [0.05, 0.1) is 36.8 Å². The highest BCUT2D eigenvalue weighted by molar-refractivity contribution is 5.92. The van der Waals surface area contributed by atoms with Crippen LogP contribution >= 0.6 is 0 Å². The van der Waals surface area contributed by atoms with Crippen LogP contribution in [0.2, 0.25) is 0 Å². The van der Waals surface area contributed by atoms with E-state index in [1.807, 2.05) is 44.9 Å². The van der Waals surface area contributed by atoms with Crippen molar-refractivity contribution in [2.75, 3.05) is 27.8 Å². The van der Waals surface area contributed by atoms with E-state index in [1.165, 1.54) is 11.0 Å². The maximum Gasteiger partial charge on any atom is 0.275 e. The van der Waals surface area contributed by atoms with Crippen LogP contribution in [-0.2, 0) is 16.0 Å². The molecule has 1 fully saturated rings. The number of hydrogen-bond donors (Lipinski definition) is 1. The lowest BCUT2D eigenvalue weighted by molar-refractivity contribution is -0.385. The number of nitro groups is 1. The molecule has 4 rings (SSSR count). The number of amides is 2. The van der Waals surface area contributed by atoms with Gasteiger partial charge in [-0.3, -0.25) is 24.6 Å². The molecule has 2 aliphatic rings. The average Bonchev–Trinajstić information content (AvgIpc) is 2.81. The Morgan fingerprint density at radius 2 is 1.78 bits per heavy atom. The number of nitrogens with one attached hydrogen (secondary N) is 1. The molecule has 36 heavy (non-hydrogen) atoms. The van der Waals surface area contributed by atoms with Gasteiger partial charge in [-0.05, 0) is 63.6 Å². The van der Waals surface area contributed by atoms with E-state index >= 15 is 0 Å². The first-order valence-corrected chi connectivity index (χ1v) is 11.8. The van der Waals surface area contributed by atoms with Crippen LogP contribution in [0.15, 0.2) is 36.4 Å². The van der Waals surface area contributed by atoms with Gasteiger partial charge in [0.25, 0.3) is 5.69 Å². The first-order valence-electron chi connectivity index (χ1n) is 11.8. The largest absolute Gasteiger partial charge is 0.493 e. The molecular formula is C26H32N4O6. The molecule has 0 aromatic heterocycles. The fraction of sp³-hybridized carbons (Fsp3) is 0.462. The first kappa shape index (κ1) is 25.4. The first-order chi connectivity index (χ1) is 17.0. The average molecular weight is 497 g/mol. The molecule has 2 amide bonds. The number of nitrogens with zero attached hydrogens (tertiary/aromatic N) is 3. The van der Waals surface area contributed by atoms with Crippen molar-refractivity contribution in [3.63, 3.8) is 0 Å². The lowest BCUT2D eigenvalue weighted by Crippen LogP contribution is -2.62. The molecule has 0 unspecified atom stereocenters. The van der Waals surface area contributed by atoms with E-state index in [0.717, 1.165) is 11.1 Å². The monoisotopic (exact) mass is 496 g/mol. The van der Waals surface area contributed by atoms with Crippen LogP contribution in [-0.4, -0.2) is 65.9 Å². The second-order valence-electron chi connectivity index (χ2n) is 10.3. The maximum absolute atomic E-state index is 13.9. The van der Waals surface area contributed by atoms with Gasteiger partial charge >= 0.3 is 0 Å². The van der Waals surface area contributed by atoms with Crippen LogP contribution in [0.1, 0.15) is 49.5 Å². The Hall–Kier alpha value is -3.66. The van der Waals surface area contributed by atoms with Crippen molar-refractivity contribution in [3.8, 4) is 11.5 Å². The number of fused-ring (bicyclic) bond motifs is 4. The van der Waals surface area contributed by atoms with Crippen molar-refractivity contribution in [3.05, 3.63) is 63.2 Å². The zero-order chi connectivity index (χ0) is 26.4. The van der Waals surface area contributed by atoms with Gasteiger partial charge in [0.2, 0.25) is 11.8 Å². The smallest absolute Gasteiger partial charge is 0.275 e. The van der Waals surface area contributed by atoms with Gasteiger partial charge in [-0.2, -0.15) is 0 Å². The van der Waals surface area contributed by atoms with E-state index in [1.54, 1.807) is 32.4 Å². The minimum absolute atomic E-state index is 0.183. The number of nitro benzene ring substituents is 1. The Labute approximate surface area is 210 Å². The minimum atomic E-state index is -1.15. The SMILES string of the molecule is COc1cc2c(cc1OC)[C@@H]1CN([C@@H](C(=O)NC(C)(C)C)c3ccccc3[N+](=O)[O-])C(=O)[C@H](C2)N1C. The molecule has 2 aromatic carbocycles. The van der Waals surface area contributed by atoms with E-state index in [2.05, 4.69) is 5.32 Å². The molecule has 2 aromatic rings. The van der Waals surface area contributed by atoms with E-state index in [9.17, 15) is 19.7 Å². The number of methoxy groups -OCH3 is 2. The summed E-state index contributed by atoms with van der Waals surface area (Å²) in [5.74, 6) is 0.458. The van der Waals surface area contributed by atoms with Crippen LogP contribution in [0.3, 0.4) is 0 Å². The van der Waals surface area contributed by atoms with E-state index in [0.29, 0.717) is 17.9 Å². The molecule has 2 bridgehead atoms. The van der Waals surface area contributed by atoms with Gasteiger partial charge in [-0.25, -0.2) is 0 Å². The maximum atomic E-state index is 13.9. The summed E-state index contributed by atoms with van der Waals surface area (Å²) in [5.41, 5.74) is 1.35. The quantitative estimate of drug-likeness (QED) is 0.483. The molecule has 1 saturated heterocycles. The van der Waals surface area contributed by atoms with E-state index in [4.69, 9.17) is 9.47 Å². The Balaban J connectivity index is 1.83. The van der Waals surface area contributed by atoms with Gasteiger partial charge in [0.1, 0.15) is 6.04 Å². The minimum Gasteiger partial charge on any atom is -0.493 e. The Morgan fingerprint density at radius 1 is 1.14 bits per heavy atom. The van der Waals surface area contributed by atoms with Crippen molar-refractivity contribution in [2.45, 2.75) is 50.9 Å². The van der Waals surface area contributed by atoms with Crippen molar-refractivity contribution in [1.29, 1.82) is 0 Å². The number of likely N-dealkylation sites (N-methyl/N-ethyl adjacent to an activating group) is 1. The summed E-state index contributed by atoms with van der Waals surface area (Å²) in [6.45, 7) is 5.68. The van der Waals surface area contributed by atoms with Crippen LogP contribution < -0.4 is 14.8 Å². The number of hydrogen-bond acceptors (Lipinski definition) is 7. The molecule has 1 N–H and O–H groups in total. The molecule has 0 aliphatic carbocycles. The summed E-state index contributed by atoms with van der Waals surface area (Å²) >= 11 is 0. The summed E-state index contributed by atoms with van der Waals surface area (Å²) in [4.78, 5) is 42.4. The lowest BCUT2D eigenvalue weighted by Gasteiger charge is -2.50. The normalized spacial score (nSPS) is 20.4. The van der Waals surface area contributed by atoms with Gasteiger partial charge in [0, 0.05) is 18.2 Å². The van der Waals surface area contributed by atoms with Crippen molar-refractivity contribution in [1.82, 2.24) is 15.1 Å². The number of carbonyl (C=O) groups is 2. The standard InChI is InChI=1S/C26H32N4O6/c1-26(2,3)27-24(31)23(16-9-7-8-10-18(16)30(33)34)29-14-20-17-13-22(36-6)21(35-5)12-15(17)11-19(25(29)32)28(20)4/h7-10,12-13,19-20,23H,11,14H2,1-6H3,(H,27,31)/t19-,20-,23+/m0/s1. The number of benzene rings is 2. The molecule has 3 atom stereocenters. The van der Waals surface area contributed by atoms with Gasteiger partial charge in [0.15, 0.2) is 11.5 Å². The van der Waals surface area contributed by atoms with Crippen LogP contribution in [0.4, 0.5) is 5.69 Å². The fourth-order valence-corrected chi connectivity index (χ4v) is 5.18. The third-order valence-corrected chi connectivity index (χ3v) is 6.82. The summed E-state index contributed by atoms with van der Waals surface area (Å²) in [7, 11) is 5.02. The van der Waals surface area contributed by atoms with Gasteiger partial charge in [-0.15, -0.1) is 0 Å². The number of carbonyl (C=O) groups excluding carboxylic acids is 2. The predicted octanol–water partition coefficient (Wildman–Crippen LogP) is 3.01. The Morgan fingerprint density at radius 3 is 2.39 bits per heavy atom. The number of piperazine rings is 1. The van der Waals surface area contributed by atoms with Gasteiger partial charge in [-0.1, -0.05) is 12.1 Å². The Kier molecular flexibility index (Phi) is 6.66. The molecule has 10 nitrogen and oxygen atoms in total. The van der Waals surface area contributed by atoms with Crippen molar-refractivity contribution < 1.29 is 24.0 Å². The second kappa shape index (κ2) is 9.42. The van der Waals surface area contributed by atoms with Gasteiger partial charge < -0.3 is 19.7 Å². The van der Waals surface area contributed by atoms with Crippen LogP contribution in [0, 0.1) is 10.1 Å². The summed E-state index contributed by atoms with van der Waals surface area (Å²) < 4.78 is 11.0. The molecule has 192 valence electrons. The summed E-state index contributed by atoms with van der Waals surface area (Å²) in [5, 5.41) is 14.8.